The van der Waals surface area contributed by atoms with E-state index in [4.69, 9.17) is 0 Å². The van der Waals surface area contributed by atoms with Gasteiger partial charge in [-0.3, -0.25) is 0 Å². The summed E-state index contributed by atoms with van der Waals surface area (Å²) in [6.45, 7) is 23.0. The molecule has 0 bridgehead atoms. The van der Waals surface area contributed by atoms with Crippen molar-refractivity contribution in [1.82, 2.24) is 0 Å². The van der Waals surface area contributed by atoms with E-state index in [0.717, 1.165) is 25.8 Å². The van der Waals surface area contributed by atoms with Gasteiger partial charge in [-0.05, 0) is 82.0 Å². The second-order valence-electron chi connectivity index (χ2n) is 9.87. The van der Waals surface area contributed by atoms with Gasteiger partial charge in [-0.15, -0.1) is 40.6 Å². The van der Waals surface area contributed by atoms with Crippen molar-refractivity contribution in [3.05, 3.63) is 76.8 Å². The molecular weight excluding hydrogens is 564 g/mol. The van der Waals surface area contributed by atoms with E-state index in [1.807, 2.05) is 59.7 Å². The molecule has 0 unspecified atom stereocenters. The Kier molecular flexibility index (Phi) is 9.05. The summed E-state index contributed by atoms with van der Waals surface area (Å²) >= 11 is 3.96. The molecule has 3 aromatic rings. The van der Waals surface area contributed by atoms with Crippen LogP contribution in [0.1, 0.15) is 69.7 Å². The Balaban J connectivity index is 0.000000644. The number of halogens is 5. The quantitative estimate of drug-likeness (QED) is 0.203. The molecule has 0 atom stereocenters. The van der Waals surface area contributed by atoms with Crippen molar-refractivity contribution in [2.24, 2.45) is 5.41 Å². The molecule has 0 aliphatic heterocycles. The zero-order valence-corrected chi connectivity index (χ0v) is 25.5. The molecule has 2 aliphatic carbocycles. The first-order valence-corrected chi connectivity index (χ1v) is 15.0. The van der Waals surface area contributed by atoms with Crippen LogP contribution < -0.4 is 0 Å². The van der Waals surface area contributed by atoms with Gasteiger partial charge in [-0.2, -0.15) is 8.78 Å². The summed E-state index contributed by atoms with van der Waals surface area (Å²) < 4.78 is 75.4. The van der Waals surface area contributed by atoms with Crippen LogP contribution in [-0.4, -0.2) is 11.8 Å². The molecule has 0 saturated heterocycles. The van der Waals surface area contributed by atoms with Crippen LogP contribution in [0.3, 0.4) is 0 Å². The van der Waals surface area contributed by atoms with Crippen LogP contribution in [0.15, 0.2) is 61.5 Å². The van der Waals surface area contributed by atoms with Gasteiger partial charge in [0.15, 0.2) is 5.83 Å². The molecule has 1 saturated carbocycles. The van der Waals surface area contributed by atoms with E-state index in [0.29, 0.717) is 14.6 Å². The minimum atomic E-state index is -4.18. The highest BCUT2D eigenvalue weighted by molar-refractivity contribution is 7.27. The van der Waals surface area contributed by atoms with Crippen molar-refractivity contribution in [3.63, 3.8) is 0 Å². The second kappa shape index (κ2) is 11.3. The molecule has 210 valence electrons. The Morgan fingerprint density at radius 1 is 0.718 bits per heavy atom. The summed E-state index contributed by atoms with van der Waals surface area (Å²) in [7, 11) is 0. The predicted molar refractivity (Wildman–Crippen MR) is 162 cm³/mol. The van der Waals surface area contributed by atoms with Crippen molar-refractivity contribution in [1.29, 1.82) is 0 Å². The van der Waals surface area contributed by atoms with Gasteiger partial charge < -0.3 is 0 Å². The van der Waals surface area contributed by atoms with Crippen LogP contribution in [0.4, 0.5) is 22.0 Å². The minimum Gasteiger partial charge on any atom is -0.205 e. The first kappa shape index (κ1) is 31.2. The van der Waals surface area contributed by atoms with Gasteiger partial charge in [-0.25, -0.2) is 13.2 Å². The zero-order valence-electron chi connectivity index (χ0n) is 23.0. The van der Waals surface area contributed by atoms with Gasteiger partial charge in [0.2, 0.25) is 0 Å². The van der Waals surface area contributed by atoms with Gasteiger partial charge in [0.1, 0.15) is 5.41 Å². The lowest BCUT2D eigenvalue weighted by molar-refractivity contribution is -0.128. The highest BCUT2D eigenvalue weighted by Gasteiger charge is 2.83. The third-order valence-electron chi connectivity index (χ3n) is 6.28. The van der Waals surface area contributed by atoms with Crippen LogP contribution in [0.2, 0.25) is 0 Å². The van der Waals surface area contributed by atoms with Crippen LogP contribution in [0.5, 0.6) is 0 Å². The van der Waals surface area contributed by atoms with Crippen molar-refractivity contribution in [2.45, 2.75) is 66.2 Å². The summed E-state index contributed by atoms with van der Waals surface area (Å²) in [5.41, 5.74) is -1.13. The Morgan fingerprint density at radius 3 is 1.59 bits per heavy atom. The Bertz CT molecular complexity index is 1440. The van der Waals surface area contributed by atoms with E-state index in [-0.39, 0.29) is 5.56 Å². The summed E-state index contributed by atoms with van der Waals surface area (Å²) in [5, 5.41) is 0. The van der Waals surface area contributed by atoms with Crippen molar-refractivity contribution in [3.8, 4) is 19.5 Å². The third kappa shape index (κ3) is 5.40. The number of hydrogen-bond acceptors (Lipinski definition) is 3. The topological polar surface area (TPSA) is 0 Å². The molecule has 1 fully saturated rings. The van der Waals surface area contributed by atoms with Crippen molar-refractivity contribution in [2.75, 3.05) is 0 Å². The maximum absolute atomic E-state index is 15.4. The maximum atomic E-state index is 15.4. The fourth-order valence-electron chi connectivity index (χ4n) is 4.25. The SMILES string of the molecule is C=C(C)C.C=C(C)c1ccc(-c2cc(C3=C(F)C(F)(F)C4(CC4)C3(F)F)c(-c3ccc(C(=C)C)s3)s2)s1.CC. The average Bonchev–Trinajstić information content (AvgIpc) is 3.17. The number of allylic oxidation sites excluding steroid dienone is 5. The highest BCUT2D eigenvalue weighted by Crippen LogP contribution is 2.76. The van der Waals surface area contributed by atoms with Gasteiger partial charge in [0, 0.05) is 29.9 Å². The first-order valence-electron chi connectivity index (χ1n) is 12.6. The predicted octanol–water partition coefficient (Wildman–Crippen LogP) is 12.6. The molecule has 0 N–H and O–H groups in total. The Labute approximate surface area is 239 Å². The maximum Gasteiger partial charge on any atom is 0.310 e. The number of rotatable bonds is 5. The van der Waals surface area contributed by atoms with E-state index in [2.05, 4.69) is 19.7 Å². The molecule has 2 aliphatic rings. The molecule has 0 nitrogen and oxygen atoms in total. The van der Waals surface area contributed by atoms with Gasteiger partial charge in [0.05, 0.1) is 10.5 Å². The van der Waals surface area contributed by atoms with Gasteiger partial charge in [-0.1, -0.05) is 32.6 Å². The largest absolute Gasteiger partial charge is 0.310 e. The number of alkyl halides is 4. The summed E-state index contributed by atoms with van der Waals surface area (Å²) in [6, 6.07) is 8.72. The van der Waals surface area contributed by atoms with Crippen LogP contribution in [0.25, 0.3) is 36.2 Å². The van der Waals surface area contributed by atoms with E-state index in [1.54, 1.807) is 6.07 Å². The first-order chi connectivity index (χ1) is 18.1. The molecule has 1 spiro atoms. The monoisotopic (exact) mass is 596 g/mol. The summed E-state index contributed by atoms with van der Waals surface area (Å²) in [4.78, 5) is 4.18. The third-order valence-corrected chi connectivity index (χ3v) is 10.3. The van der Waals surface area contributed by atoms with Crippen molar-refractivity contribution >= 4 is 50.7 Å². The van der Waals surface area contributed by atoms with Gasteiger partial charge in [0.25, 0.3) is 5.92 Å². The molecule has 0 radical (unpaired) electrons. The molecule has 0 aromatic carbocycles. The minimum absolute atomic E-state index is 0.152. The lowest BCUT2D eigenvalue weighted by Crippen LogP contribution is -2.38. The molecule has 3 aromatic heterocycles. The lowest BCUT2D eigenvalue weighted by Gasteiger charge is -2.24. The molecule has 0 amide bonds. The molecule has 3 heterocycles. The summed E-state index contributed by atoms with van der Waals surface area (Å²) in [5.74, 6) is -10.1. The van der Waals surface area contributed by atoms with Gasteiger partial charge >= 0.3 is 5.92 Å². The van der Waals surface area contributed by atoms with Crippen LogP contribution in [-0.2, 0) is 0 Å². The normalized spacial score (nSPS) is 17.7. The fourth-order valence-corrected chi connectivity index (χ4v) is 7.49. The van der Waals surface area contributed by atoms with Crippen molar-refractivity contribution < 1.29 is 22.0 Å². The molecule has 39 heavy (non-hydrogen) atoms. The zero-order chi connectivity index (χ0) is 29.5. The van der Waals surface area contributed by atoms with E-state index in [9.17, 15) is 8.78 Å². The molecular formula is C31H33F5S3. The van der Waals surface area contributed by atoms with E-state index in [1.165, 1.54) is 45.6 Å². The smallest absolute Gasteiger partial charge is 0.205 e. The van der Waals surface area contributed by atoms with Crippen LogP contribution in [0, 0.1) is 5.41 Å². The highest BCUT2D eigenvalue weighted by atomic mass is 32.1. The van der Waals surface area contributed by atoms with E-state index < -0.39 is 41.5 Å². The number of thiophene rings is 3. The molecule has 8 heteroatoms. The van der Waals surface area contributed by atoms with Crippen LogP contribution >= 0.6 is 34.0 Å². The second-order valence-corrected chi connectivity index (χ2v) is 13.1. The fraction of sp³-hybridized carbons (Fsp3) is 0.355. The lowest BCUT2D eigenvalue weighted by atomic mass is 9.92. The average molecular weight is 597 g/mol. The number of hydrogen-bond donors (Lipinski definition) is 0. The van der Waals surface area contributed by atoms with E-state index >= 15 is 13.2 Å². The standard InChI is InChI=1S/C25H19F5S3.C4H8.C2H6/c1-12(2)15-5-7-17(31-15)19-11-14(21(33-19)18-8-6-16(32-18)13(3)4)20-22(26)25(29,30)23(9-10-23)24(20,27)28;1-4(2)3;1-2/h5-8,11H,1,3,9-10H2,2,4H3;1H2,2-3H3;1-2H3. The Hall–Kier alpha value is -2.29. The molecule has 5 rings (SSSR count). The Morgan fingerprint density at radius 2 is 1.18 bits per heavy atom. The summed E-state index contributed by atoms with van der Waals surface area (Å²) in [6.07, 6.45) is -0.802.